The number of aliphatic imine (C=N–C) groups is 1. The molecule has 0 unspecified atom stereocenters. The molecule has 0 amide bonds. The van der Waals surface area contributed by atoms with Crippen LogP contribution >= 0.6 is 35.0 Å². The topological polar surface area (TPSA) is 66.6 Å². The van der Waals surface area contributed by atoms with Crippen molar-refractivity contribution in [3.8, 4) is 0 Å². The fraction of sp³-hybridized carbons (Fsp3) is 0.250. The number of thioether (sulfide) groups is 1. The van der Waals surface area contributed by atoms with Crippen molar-refractivity contribution in [2.75, 3.05) is 29.6 Å². The molecular weight excluding hydrogens is 333 g/mol. The third-order valence-corrected chi connectivity index (χ3v) is 3.99. The highest BCUT2D eigenvalue weighted by atomic mass is 35.5. The van der Waals surface area contributed by atoms with Gasteiger partial charge in [-0.15, -0.1) is 0 Å². The van der Waals surface area contributed by atoms with Gasteiger partial charge in [-0.2, -0.15) is 0 Å². The molecule has 1 N–H and O–H groups in total. The number of guanidine groups is 1. The quantitative estimate of drug-likeness (QED) is 0.861. The predicted molar refractivity (Wildman–Crippen MR) is 85.8 cm³/mol. The average Bonchev–Trinajstić information content (AvgIpc) is 3.11. The van der Waals surface area contributed by atoms with Gasteiger partial charge in [0.2, 0.25) is 5.96 Å². The molecule has 0 bridgehead atoms. The Hall–Kier alpha value is -1.44. The van der Waals surface area contributed by atoms with E-state index >= 15 is 0 Å². The lowest BCUT2D eigenvalue weighted by Gasteiger charge is -2.17. The van der Waals surface area contributed by atoms with Gasteiger partial charge in [0.15, 0.2) is 0 Å². The van der Waals surface area contributed by atoms with E-state index in [9.17, 15) is 0 Å². The number of hydrogen-bond acceptors (Lipinski definition) is 7. The number of rotatable bonds is 3. The highest BCUT2D eigenvalue weighted by Crippen LogP contribution is 2.31. The Labute approximate surface area is 135 Å². The number of halogens is 2. The van der Waals surface area contributed by atoms with E-state index in [-0.39, 0.29) is 0 Å². The zero-order valence-corrected chi connectivity index (χ0v) is 13.3. The summed E-state index contributed by atoms with van der Waals surface area (Å²) in [4.78, 5) is 6.18. The number of aromatic nitrogens is 2. The molecule has 2 aromatic rings. The number of nitrogens with zero attached hydrogens (tertiary/aromatic N) is 4. The van der Waals surface area contributed by atoms with E-state index in [1.807, 2.05) is 6.26 Å². The number of nitrogens with one attached hydrogen (secondary N) is 1. The van der Waals surface area contributed by atoms with E-state index in [1.165, 1.54) is 11.8 Å². The van der Waals surface area contributed by atoms with Gasteiger partial charge in [0.05, 0.1) is 28.8 Å². The molecule has 6 nitrogen and oxygen atoms in total. The Kier molecular flexibility index (Phi) is 4.23. The van der Waals surface area contributed by atoms with Crippen molar-refractivity contribution < 1.29 is 4.42 Å². The molecule has 9 heteroatoms. The van der Waals surface area contributed by atoms with E-state index < -0.39 is 0 Å². The zero-order chi connectivity index (χ0) is 14.8. The van der Waals surface area contributed by atoms with Gasteiger partial charge < -0.3 is 9.73 Å². The summed E-state index contributed by atoms with van der Waals surface area (Å²) in [7, 11) is 0. The standard InChI is InChI=1S/C12H11Cl2N5OS/c1-21-12-18-17-11(20-12)19-6-5-15-10(19)16-9-7(13)3-2-4-8(9)14/h2-4H,5-6H2,1H3,(H,15,16). The van der Waals surface area contributed by atoms with Crippen molar-refractivity contribution in [3.05, 3.63) is 28.2 Å². The van der Waals surface area contributed by atoms with Crippen LogP contribution in [0.4, 0.5) is 11.7 Å². The largest absolute Gasteiger partial charge is 0.398 e. The summed E-state index contributed by atoms with van der Waals surface area (Å²) in [6.45, 7) is 1.28. The van der Waals surface area contributed by atoms with Crippen LogP contribution in [-0.4, -0.2) is 35.5 Å². The first-order valence-corrected chi connectivity index (χ1v) is 8.07. The van der Waals surface area contributed by atoms with Crippen LogP contribution in [0.25, 0.3) is 0 Å². The van der Waals surface area contributed by atoms with Crippen LogP contribution < -0.4 is 10.2 Å². The summed E-state index contributed by atoms with van der Waals surface area (Å²) < 4.78 is 5.53. The van der Waals surface area contributed by atoms with Gasteiger partial charge in [-0.1, -0.05) is 51.2 Å². The molecule has 110 valence electrons. The van der Waals surface area contributed by atoms with Crippen LogP contribution in [0.3, 0.4) is 0 Å². The summed E-state index contributed by atoms with van der Waals surface area (Å²) >= 11 is 13.7. The second-order valence-corrected chi connectivity index (χ2v) is 5.71. The van der Waals surface area contributed by atoms with Crippen molar-refractivity contribution in [2.24, 2.45) is 4.99 Å². The summed E-state index contributed by atoms with van der Waals surface area (Å²) in [5.41, 5.74) is 0.607. The summed E-state index contributed by atoms with van der Waals surface area (Å²) in [5.74, 6) is 0.585. The number of para-hydroxylation sites is 1. The van der Waals surface area contributed by atoms with Crippen molar-refractivity contribution in [1.29, 1.82) is 0 Å². The Balaban J connectivity index is 1.84. The minimum absolute atomic E-state index is 0.395. The molecule has 2 heterocycles. The molecule has 1 aromatic carbocycles. The number of hydrogen-bond donors (Lipinski definition) is 1. The van der Waals surface area contributed by atoms with Crippen molar-refractivity contribution >= 4 is 52.6 Å². The molecule has 1 aliphatic rings. The zero-order valence-electron chi connectivity index (χ0n) is 11.0. The van der Waals surface area contributed by atoms with Crippen LogP contribution in [0.15, 0.2) is 32.8 Å². The van der Waals surface area contributed by atoms with Crippen molar-refractivity contribution in [3.63, 3.8) is 0 Å². The lowest BCUT2D eigenvalue weighted by molar-refractivity contribution is 0.459. The second kappa shape index (κ2) is 6.13. The van der Waals surface area contributed by atoms with Gasteiger partial charge in [0.1, 0.15) is 0 Å². The molecule has 0 atom stereocenters. The van der Waals surface area contributed by atoms with Gasteiger partial charge in [0, 0.05) is 0 Å². The molecule has 0 saturated heterocycles. The first kappa shape index (κ1) is 14.5. The SMILES string of the molecule is CSc1nnc(N2CCN=C2Nc2c(Cl)cccc2Cl)o1. The minimum atomic E-state index is 0.395. The maximum absolute atomic E-state index is 6.15. The van der Waals surface area contributed by atoms with Crippen molar-refractivity contribution in [2.45, 2.75) is 5.22 Å². The Morgan fingerprint density at radius 1 is 1.29 bits per heavy atom. The van der Waals surface area contributed by atoms with Crippen LogP contribution in [0, 0.1) is 0 Å². The lowest BCUT2D eigenvalue weighted by Crippen LogP contribution is -2.33. The van der Waals surface area contributed by atoms with Gasteiger partial charge in [-0.3, -0.25) is 9.89 Å². The lowest BCUT2D eigenvalue weighted by atomic mass is 10.3. The molecule has 3 rings (SSSR count). The maximum Gasteiger partial charge on any atom is 0.325 e. The smallest absolute Gasteiger partial charge is 0.325 e. The van der Waals surface area contributed by atoms with Gasteiger partial charge in [-0.05, 0) is 18.4 Å². The van der Waals surface area contributed by atoms with Crippen LogP contribution in [-0.2, 0) is 0 Å². The van der Waals surface area contributed by atoms with Crippen molar-refractivity contribution in [1.82, 2.24) is 10.2 Å². The fourth-order valence-corrected chi connectivity index (χ4v) is 2.64. The number of anilines is 2. The summed E-state index contributed by atoms with van der Waals surface area (Å²) in [6.07, 6.45) is 1.87. The number of benzene rings is 1. The summed E-state index contributed by atoms with van der Waals surface area (Å²) in [6, 6.07) is 5.70. The monoisotopic (exact) mass is 343 g/mol. The maximum atomic E-state index is 6.15. The highest BCUT2D eigenvalue weighted by molar-refractivity contribution is 7.98. The van der Waals surface area contributed by atoms with E-state index in [0.717, 1.165) is 0 Å². The summed E-state index contributed by atoms with van der Waals surface area (Å²) in [5, 5.41) is 12.6. The highest BCUT2D eigenvalue weighted by Gasteiger charge is 2.25. The molecular formula is C12H11Cl2N5OS. The molecule has 21 heavy (non-hydrogen) atoms. The molecule has 1 aliphatic heterocycles. The second-order valence-electron chi connectivity index (χ2n) is 4.13. The van der Waals surface area contributed by atoms with E-state index in [4.69, 9.17) is 27.6 Å². The third-order valence-electron chi connectivity index (χ3n) is 2.84. The Morgan fingerprint density at radius 3 is 2.71 bits per heavy atom. The molecule has 0 saturated carbocycles. The normalized spacial score (nSPS) is 14.4. The van der Waals surface area contributed by atoms with Gasteiger partial charge >= 0.3 is 6.01 Å². The molecule has 0 spiro atoms. The van der Waals surface area contributed by atoms with Crippen LogP contribution in [0.5, 0.6) is 0 Å². The van der Waals surface area contributed by atoms with Crippen LogP contribution in [0.2, 0.25) is 10.0 Å². The average molecular weight is 344 g/mol. The first-order chi connectivity index (χ1) is 10.2. The first-order valence-electron chi connectivity index (χ1n) is 6.09. The van der Waals surface area contributed by atoms with E-state index in [0.29, 0.717) is 46.0 Å². The van der Waals surface area contributed by atoms with E-state index in [2.05, 4.69) is 20.5 Å². The minimum Gasteiger partial charge on any atom is -0.398 e. The Morgan fingerprint density at radius 2 is 2.05 bits per heavy atom. The molecule has 1 aromatic heterocycles. The third kappa shape index (κ3) is 2.95. The fourth-order valence-electron chi connectivity index (χ4n) is 1.86. The molecule has 0 fully saturated rings. The molecule has 0 aliphatic carbocycles. The van der Waals surface area contributed by atoms with Crippen LogP contribution in [0.1, 0.15) is 0 Å². The van der Waals surface area contributed by atoms with Gasteiger partial charge in [0.25, 0.3) is 5.22 Å². The predicted octanol–water partition coefficient (Wildman–Crippen LogP) is 3.39. The Bertz CT molecular complexity index is 670. The van der Waals surface area contributed by atoms with E-state index in [1.54, 1.807) is 23.1 Å². The van der Waals surface area contributed by atoms with Gasteiger partial charge in [-0.25, -0.2) is 0 Å². The molecule has 0 radical (unpaired) electrons.